The number of H-pyrrole nitrogens is 1. The number of furan rings is 1. The molecule has 0 radical (unpaired) electrons. The number of hydrogen-bond acceptors (Lipinski definition) is 5. The van der Waals surface area contributed by atoms with Crippen LogP contribution in [-0.4, -0.2) is 19.7 Å². The van der Waals surface area contributed by atoms with Crippen LogP contribution in [-0.2, 0) is 0 Å². The van der Waals surface area contributed by atoms with Crippen LogP contribution in [0.3, 0.4) is 0 Å². The minimum Gasteiger partial charge on any atom is -0.444 e. The van der Waals surface area contributed by atoms with E-state index in [9.17, 15) is 4.79 Å². The molecule has 0 bridgehead atoms. The molecule has 24 heavy (non-hydrogen) atoms. The Labute approximate surface area is 144 Å². The van der Waals surface area contributed by atoms with Gasteiger partial charge in [0, 0.05) is 11.6 Å². The quantitative estimate of drug-likeness (QED) is 0.573. The molecule has 1 aromatic carbocycles. The van der Waals surface area contributed by atoms with E-state index in [2.05, 4.69) is 31.1 Å². The SMILES string of the molecule is CC(C)n1c(=O)[nH]c2cc(-c3noc(-c4ccc(Br)o4)n3)ccc21. The van der Waals surface area contributed by atoms with Gasteiger partial charge in [0.15, 0.2) is 10.4 Å². The van der Waals surface area contributed by atoms with Crippen molar-refractivity contribution in [1.29, 1.82) is 0 Å². The Morgan fingerprint density at radius 1 is 1.25 bits per heavy atom. The van der Waals surface area contributed by atoms with Gasteiger partial charge in [-0.05, 0) is 60.1 Å². The fourth-order valence-corrected chi connectivity index (χ4v) is 2.96. The predicted octanol–water partition coefficient (Wildman–Crippen LogP) is 3.98. The second kappa shape index (κ2) is 5.48. The van der Waals surface area contributed by atoms with Gasteiger partial charge in [0.05, 0.1) is 11.0 Å². The molecule has 0 spiro atoms. The molecule has 4 aromatic rings. The van der Waals surface area contributed by atoms with Gasteiger partial charge in [-0.3, -0.25) is 4.57 Å². The highest BCUT2D eigenvalue weighted by atomic mass is 79.9. The molecule has 3 aromatic heterocycles. The highest BCUT2D eigenvalue weighted by molar-refractivity contribution is 9.10. The van der Waals surface area contributed by atoms with Crippen LogP contribution in [0.5, 0.6) is 0 Å². The number of benzene rings is 1. The number of fused-ring (bicyclic) bond motifs is 1. The lowest BCUT2D eigenvalue weighted by Gasteiger charge is -2.06. The van der Waals surface area contributed by atoms with Gasteiger partial charge < -0.3 is 13.9 Å². The maximum atomic E-state index is 12.1. The fourth-order valence-electron chi connectivity index (χ4n) is 2.65. The summed E-state index contributed by atoms with van der Waals surface area (Å²) in [4.78, 5) is 19.3. The number of aromatic nitrogens is 4. The van der Waals surface area contributed by atoms with E-state index in [4.69, 9.17) is 8.94 Å². The van der Waals surface area contributed by atoms with Crippen LogP contribution < -0.4 is 5.69 Å². The molecule has 0 aliphatic carbocycles. The van der Waals surface area contributed by atoms with E-state index >= 15 is 0 Å². The zero-order valence-electron chi connectivity index (χ0n) is 12.9. The van der Waals surface area contributed by atoms with E-state index in [0.717, 1.165) is 16.6 Å². The Bertz CT molecular complexity index is 1090. The first-order valence-electron chi connectivity index (χ1n) is 7.37. The number of aromatic amines is 1. The van der Waals surface area contributed by atoms with Crippen molar-refractivity contribution in [2.75, 3.05) is 0 Å². The van der Waals surface area contributed by atoms with Crippen molar-refractivity contribution in [2.24, 2.45) is 0 Å². The van der Waals surface area contributed by atoms with Crippen LogP contribution in [0.2, 0.25) is 0 Å². The Morgan fingerprint density at radius 3 is 2.79 bits per heavy atom. The van der Waals surface area contributed by atoms with E-state index in [0.29, 0.717) is 22.1 Å². The molecule has 7 nitrogen and oxygen atoms in total. The van der Waals surface area contributed by atoms with E-state index < -0.39 is 0 Å². The molecule has 0 fully saturated rings. The third kappa shape index (κ3) is 2.39. The lowest BCUT2D eigenvalue weighted by Crippen LogP contribution is -2.18. The molecule has 0 aliphatic heterocycles. The van der Waals surface area contributed by atoms with Gasteiger partial charge in [-0.2, -0.15) is 4.98 Å². The molecule has 122 valence electrons. The molecule has 0 aliphatic rings. The number of nitrogens with one attached hydrogen (secondary N) is 1. The molecule has 0 atom stereocenters. The van der Waals surface area contributed by atoms with Gasteiger partial charge in [-0.15, -0.1) is 0 Å². The standard InChI is InChI=1S/C16H13BrN4O3/c1-8(2)21-11-4-3-9(7-10(11)18-16(21)22)14-19-15(24-20-14)12-5-6-13(17)23-12/h3-8H,1-2H3,(H,18,22). The first-order valence-corrected chi connectivity index (χ1v) is 8.16. The van der Waals surface area contributed by atoms with E-state index in [1.807, 2.05) is 32.0 Å². The number of hydrogen-bond donors (Lipinski definition) is 1. The van der Waals surface area contributed by atoms with Crippen molar-refractivity contribution in [3.8, 4) is 23.0 Å². The normalized spacial score (nSPS) is 11.7. The second-order valence-corrected chi connectivity index (χ2v) is 6.43. The zero-order valence-corrected chi connectivity index (χ0v) is 14.5. The van der Waals surface area contributed by atoms with Crippen molar-refractivity contribution in [3.63, 3.8) is 0 Å². The Hall–Kier alpha value is -2.61. The molecule has 4 rings (SSSR count). The highest BCUT2D eigenvalue weighted by Crippen LogP contribution is 2.27. The summed E-state index contributed by atoms with van der Waals surface area (Å²) in [6, 6.07) is 9.15. The van der Waals surface area contributed by atoms with Gasteiger partial charge >= 0.3 is 5.69 Å². The average molecular weight is 389 g/mol. The lowest BCUT2D eigenvalue weighted by atomic mass is 10.2. The molecule has 0 amide bonds. The highest BCUT2D eigenvalue weighted by Gasteiger charge is 2.16. The number of nitrogens with zero attached hydrogens (tertiary/aromatic N) is 3. The number of imidazole rings is 1. The van der Waals surface area contributed by atoms with Crippen molar-refractivity contribution < 1.29 is 8.94 Å². The average Bonchev–Trinajstić information content (AvgIpc) is 3.22. The van der Waals surface area contributed by atoms with Gasteiger partial charge in [0.2, 0.25) is 5.82 Å². The third-order valence-electron chi connectivity index (χ3n) is 3.70. The molecule has 1 N–H and O–H groups in total. The lowest BCUT2D eigenvalue weighted by molar-refractivity contribution is 0.414. The second-order valence-electron chi connectivity index (χ2n) is 5.65. The van der Waals surface area contributed by atoms with Gasteiger partial charge in [0.1, 0.15) is 0 Å². The summed E-state index contributed by atoms with van der Waals surface area (Å²) in [6.45, 7) is 3.94. The van der Waals surface area contributed by atoms with Crippen LogP contribution in [0, 0.1) is 0 Å². The summed E-state index contributed by atoms with van der Waals surface area (Å²) >= 11 is 3.24. The van der Waals surface area contributed by atoms with Crippen LogP contribution in [0.25, 0.3) is 34.1 Å². The number of rotatable bonds is 3. The summed E-state index contributed by atoms with van der Waals surface area (Å²) in [5.74, 6) is 1.21. The van der Waals surface area contributed by atoms with Gasteiger partial charge in [-0.25, -0.2) is 4.79 Å². The van der Waals surface area contributed by atoms with Crippen molar-refractivity contribution in [1.82, 2.24) is 19.7 Å². The van der Waals surface area contributed by atoms with Crippen LogP contribution in [0.1, 0.15) is 19.9 Å². The third-order valence-corrected chi connectivity index (χ3v) is 4.13. The minimum atomic E-state index is -0.133. The molecular formula is C16H13BrN4O3. The van der Waals surface area contributed by atoms with E-state index in [1.165, 1.54) is 0 Å². The molecule has 0 saturated heterocycles. The Balaban J connectivity index is 1.77. The van der Waals surface area contributed by atoms with Crippen LogP contribution in [0.15, 0.2) is 48.7 Å². The zero-order chi connectivity index (χ0) is 16.8. The largest absolute Gasteiger partial charge is 0.444 e. The molecule has 0 unspecified atom stereocenters. The molecule has 3 heterocycles. The monoisotopic (exact) mass is 388 g/mol. The van der Waals surface area contributed by atoms with Crippen molar-refractivity contribution >= 4 is 27.0 Å². The topological polar surface area (TPSA) is 89.9 Å². The van der Waals surface area contributed by atoms with Gasteiger partial charge in [-0.1, -0.05) is 5.16 Å². The summed E-state index contributed by atoms with van der Waals surface area (Å²) in [6.07, 6.45) is 0. The van der Waals surface area contributed by atoms with E-state index in [1.54, 1.807) is 16.7 Å². The summed E-state index contributed by atoms with van der Waals surface area (Å²) in [5.41, 5.74) is 2.20. The van der Waals surface area contributed by atoms with Crippen molar-refractivity contribution in [3.05, 3.63) is 45.5 Å². The van der Waals surface area contributed by atoms with E-state index in [-0.39, 0.29) is 11.7 Å². The summed E-state index contributed by atoms with van der Waals surface area (Å²) < 4.78 is 12.9. The Morgan fingerprint density at radius 2 is 2.08 bits per heavy atom. The van der Waals surface area contributed by atoms with Crippen LogP contribution in [0.4, 0.5) is 0 Å². The molecule has 8 heteroatoms. The fraction of sp³-hybridized carbons (Fsp3) is 0.188. The maximum Gasteiger partial charge on any atom is 0.326 e. The Kier molecular flexibility index (Phi) is 3.42. The summed E-state index contributed by atoms with van der Waals surface area (Å²) in [5, 5.41) is 3.98. The smallest absolute Gasteiger partial charge is 0.326 e. The minimum absolute atomic E-state index is 0.0753. The van der Waals surface area contributed by atoms with Gasteiger partial charge in [0.25, 0.3) is 5.89 Å². The summed E-state index contributed by atoms with van der Waals surface area (Å²) in [7, 11) is 0. The molecule has 0 saturated carbocycles. The first kappa shape index (κ1) is 14.9. The first-order chi connectivity index (χ1) is 11.5. The molecular weight excluding hydrogens is 376 g/mol. The maximum absolute atomic E-state index is 12.1. The van der Waals surface area contributed by atoms with Crippen LogP contribution >= 0.6 is 15.9 Å². The number of halogens is 1. The van der Waals surface area contributed by atoms with Crippen molar-refractivity contribution in [2.45, 2.75) is 19.9 Å². The predicted molar refractivity (Wildman–Crippen MR) is 91.6 cm³/mol.